The highest BCUT2D eigenvalue weighted by Gasteiger charge is 2.30. The summed E-state index contributed by atoms with van der Waals surface area (Å²) in [6, 6.07) is -0.216. The first kappa shape index (κ1) is 13.4. The fourth-order valence-corrected chi connectivity index (χ4v) is 1.18. The van der Waals surface area contributed by atoms with E-state index in [1.54, 1.807) is 19.0 Å². The minimum atomic E-state index is -0.370. The summed E-state index contributed by atoms with van der Waals surface area (Å²) in [7, 11) is 5.32. The van der Waals surface area contributed by atoms with Crippen LogP contribution in [-0.2, 0) is 4.79 Å². The maximum Gasteiger partial charge on any atom is 0.239 e. The van der Waals surface area contributed by atoms with Crippen LogP contribution in [0.15, 0.2) is 0 Å². The zero-order valence-electron chi connectivity index (χ0n) is 10.0. The van der Waals surface area contributed by atoms with Crippen molar-refractivity contribution in [3.8, 4) is 0 Å². The van der Waals surface area contributed by atoms with Crippen LogP contribution in [0.5, 0.6) is 0 Å². The minimum absolute atomic E-state index is 0.0363. The molecule has 0 aliphatic carbocycles. The summed E-state index contributed by atoms with van der Waals surface area (Å²) in [5, 5.41) is 9.17. The van der Waals surface area contributed by atoms with Crippen molar-refractivity contribution >= 4 is 5.91 Å². The molecule has 0 radical (unpaired) electrons. The second-order valence-corrected chi connectivity index (χ2v) is 4.49. The van der Waals surface area contributed by atoms with Gasteiger partial charge in [0.25, 0.3) is 0 Å². The van der Waals surface area contributed by atoms with E-state index in [4.69, 9.17) is 5.11 Å². The Labute approximate surface area is 86.5 Å². The molecule has 84 valence electrons. The molecule has 0 heterocycles. The van der Waals surface area contributed by atoms with Crippen molar-refractivity contribution in [2.75, 3.05) is 27.7 Å². The lowest BCUT2D eigenvalue weighted by molar-refractivity contribution is -0.135. The minimum Gasteiger partial charge on any atom is -0.394 e. The standard InChI is InChI=1S/C10H22N2O2/c1-8(9(14)11(4)5)12(6)10(2,3)7-13/h8,13H,7H2,1-6H3. The second-order valence-electron chi connectivity index (χ2n) is 4.49. The third kappa shape index (κ3) is 2.96. The van der Waals surface area contributed by atoms with Gasteiger partial charge in [-0.3, -0.25) is 9.69 Å². The molecule has 4 nitrogen and oxygen atoms in total. The number of hydrogen-bond acceptors (Lipinski definition) is 3. The van der Waals surface area contributed by atoms with Gasteiger partial charge in [0.1, 0.15) is 0 Å². The third-order valence-corrected chi connectivity index (χ3v) is 2.72. The van der Waals surface area contributed by atoms with E-state index in [-0.39, 0.29) is 24.1 Å². The molecule has 14 heavy (non-hydrogen) atoms. The van der Waals surface area contributed by atoms with Crippen LogP contribution in [0.3, 0.4) is 0 Å². The molecule has 0 aromatic carbocycles. The molecule has 1 atom stereocenters. The van der Waals surface area contributed by atoms with Crippen LogP contribution >= 0.6 is 0 Å². The second kappa shape index (κ2) is 4.75. The molecule has 0 bridgehead atoms. The lowest BCUT2D eigenvalue weighted by Crippen LogP contribution is -2.53. The van der Waals surface area contributed by atoms with Crippen LogP contribution in [0, 0.1) is 0 Å². The van der Waals surface area contributed by atoms with Crippen molar-refractivity contribution in [1.82, 2.24) is 9.80 Å². The Morgan fingerprint density at radius 1 is 1.36 bits per heavy atom. The first-order valence-corrected chi connectivity index (χ1v) is 4.79. The normalized spacial score (nSPS) is 14.3. The first-order valence-electron chi connectivity index (χ1n) is 4.79. The molecule has 4 heteroatoms. The van der Waals surface area contributed by atoms with Gasteiger partial charge in [0.2, 0.25) is 5.91 Å². The zero-order chi connectivity index (χ0) is 11.5. The molecule has 1 amide bonds. The van der Waals surface area contributed by atoms with Crippen LogP contribution in [0.4, 0.5) is 0 Å². The van der Waals surface area contributed by atoms with Gasteiger partial charge in [-0.1, -0.05) is 0 Å². The summed E-state index contributed by atoms with van der Waals surface area (Å²) in [6.45, 7) is 5.70. The van der Waals surface area contributed by atoms with Gasteiger partial charge in [-0.05, 0) is 27.8 Å². The molecule has 0 aromatic rings. The summed E-state index contributed by atoms with van der Waals surface area (Å²) in [4.78, 5) is 15.1. The predicted octanol–water partition coefficient (Wildman–Crippen LogP) is 0.166. The molecule has 0 aliphatic heterocycles. The Kier molecular flexibility index (Phi) is 4.55. The van der Waals surface area contributed by atoms with E-state index in [1.165, 1.54) is 0 Å². The molecule has 0 saturated carbocycles. The molecule has 0 aliphatic rings. The summed E-state index contributed by atoms with van der Waals surface area (Å²) in [5.74, 6) is 0.0500. The van der Waals surface area contributed by atoms with Crippen molar-refractivity contribution in [2.45, 2.75) is 32.4 Å². The van der Waals surface area contributed by atoms with Gasteiger partial charge in [0, 0.05) is 19.6 Å². The van der Waals surface area contributed by atoms with E-state index in [0.717, 1.165) is 0 Å². The number of carbonyl (C=O) groups excluding carboxylic acids is 1. The molecule has 0 fully saturated rings. The molecule has 1 unspecified atom stereocenters. The van der Waals surface area contributed by atoms with E-state index in [9.17, 15) is 4.79 Å². The SMILES string of the molecule is CC(C(=O)N(C)C)N(C)C(C)(C)CO. The average molecular weight is 202 g/mol. The smallest absolute Gasteiger partial charge is 0.239 e. The highest BCUT2D eigenvalue weighted by Crippen LogP contribution is 2.15. The van der Waals surface area contributed by atoms with Crippen LogP contribution in [0.2, 0.25) is 0 Å². The summed E-state index contributed by atoms with van der Waals surface area (Å²) in [6.07, 6.45) is 0. The summed E-state index contributed by atoms with van der Waals surface area (Å²) < 4.78 is 0. The first-order chi connectivity index (χ1) is 6.24. The van der Waals surface area contributed by atoms with Gasteiger partial charge in [-0.15, -0.1) is 0 Å². The lowest BCUT2D eigenvalue weighted by Gasteiger charge is -2.38. The van der Waals surface area contributed by atoms with Gasteiger partial charge < -0.3 is 10.0 Å². The Morgan fingerprint density at radius 3 is 2.07 bits per heavy atom. The zero-order valence-corrected chi connectivity index (χ0v) is 10.0. The van der Waals surface area contributed by atoms with E-state index in [2.05, 4.69) is 0 Å². The highest BCUT2D eigenvalue weighted by atomic mass is 16.3. The number of rotatable bonds is 4. The van der Waals surface area contributed by atoms with Gasteiger partial charge in [-0.25, -0.2) is 0 Å². The maximum absolute atomic E-state index is 11.6. The lowest BCUT2D eigenvalue weighted by atomic mass is 10.0. The largest absolute Gasteiger partial charge is 0.394 e. The average Bonchev–Trinajstić information content (AvgIpc) is 2.14. The van der Waals surface area contributed by atoms with Gasteiger partial charge in [0.15, 0.2) is 0 Å². The Bertz CT molecular complexity index is 202. The van der Waals surface area contributed by atoms with Gasteiger partial charge in [0.05, 0.1) is 12.6 Å². The van der Waals surface area contributed by atoms with E-state index >= 15 is 0 Å². The number of likely N-dealkylation sites (N-methyl/N-ethyl adjacent to an activating group) is 2. The topological polar surface area (TPSA) is 43.8 Å². The van der Waals surface area contributed by atoms with Crippen molar-refractivity contribution in [3.05, 3.63) is 0 Å². The van der Waals surface area contributed by atoms with Crippen LogP contribution in [0.25, 0.3) is 0 Å². The Hall–Kier alpha value is -0.610. The molecular formula is C10H22N2O2. The van der Waals surface area contributed by atoms with E-state index in [1.807, 2.05) is 32.7 Å². The van der Waals surface area contributed by atoms with Crippen LogP contribution in [-0.4, -0.2) is 60.1 Å². The number of carbonyl (C=O) groups is 1. The highest BCUT2D eigenvalue weighted by molar-refractivity contribution is 5.81. The fourth-order valence-electron chi connectivity index (χ4n) is 1.18. The van der Waals surface area contributed by atoms with E-state index in [0.29, 0.717) is 0 Å². The van der Waals surface area contributed by atoms with Gasteiger partial charge >= 0.3 is 0 Å². The predicted molar refractivity (Wildman–Crippen MR) is 57.1 cm³/mol. The molecule has 0 saturated heterocycles. The van der Waals surface area contributed by atoms with Crippen molar-refractivity contribution < 1.29 is 9.90 Å². The number of aliphatic hydroxyl groups is 1. The molecular weight excluding hydrogens is 180 g/mol. The third-order valence-electron chi connectivity index (χ3n) is 2.72. The van der Waals surface area contributed by atoms with Crippen LogP contribution < -0.4 is 0 Å². The molecule has 0 aromatic heterocycles. The number of hydrogen-bond donors (Lipinski definition) is 1. The number of aliphatic hydroxyl groups excluding tert-OH is 1. The molecule has 1 N–H and O–H groups in total. The molecule has 0 spiro atoms. The Balaban J connectivity index is 4.54. The summed E-state index contributed by atoms with van der Waals surface area (Å²) in [5.41, 5.74) is -0.370. The fraction of sp³-hybridized carbons (Fsp3) is 0.900. The summed E-state index contributed by atoms with van der Waals surface area (Å²) >= 11 is 0. The number of amides is 1. The van der Waals surface area contributed by atoms with Crippen molar-refractivity contribution in [2.24, 2.45) is 0 Å². The van der Waals surface area contributed by atoms with Crippen molar-refractivity contribution in [3.63, 3.8) is 0 Å². The van der Waals surface area contributed by atoms with Crippen molar-refractivity contribution in [1.29, 1.82) is 0 Å². The van der Waals surface area contributed by atoms with Crippen LogP contribution in [0.1, 0.15) is 20.8 Å². The maximum atomic E-state index is 11.6. The van der Waals surface area contributed by atoms with E-state index < -0.39 is 0 Å². The number of nitrogens with zero attached hydrogens (tertiary/aromatic N) is 2. The van der Waals surface area contributed by atoms with Gasteiger partial charge in [-0.2, -0.15) is 0 Å². The molecule has 0 rings (SSSR count). The monoisotopic (exact) mass is 202 g/mol. The Morgan fingerprint density at radius 2 is 1.79 bits per heavy atom. The quantitative estimate of drug-likeness (QED) is 0.706.